The van der Waals surface area contributed by atoms with Gasteiger partial charge in [0.25, 0.3) is 5.92 Å². The van der Waals surface area contributed by atoms with Gasteiger partial charge in [0, 0.05) is 36.4 Å². The number of benzene rings is 1. The lowest BCUT2D eigenvalue weighted by Gasteiger charge is -2.41. The van der Waals surface area contributed by atoms with Gasteiger partial charge in [-0.05, 0) is 18.1 Å². The molecule has 1 saturated heterocycles. The fourth-order valence-electron chi connectivity index (χ4n) is 4.24. The Labute approximate surface area is 152 Å². The molecule has 1 N–H and O–H groups in total. The third-order valence-electron chi connectivity index (χ3n) is 5.50. The van der Waals surface area contributed by atoms with Gasteiger partial charge in [-0.3, -0.25) is 4.79 Å². The molecule has 4 heterocycles. The van der Waals surface area contributed by atoms with Crippen LogP contribution in [0.25, 0.3) is 11.3 Å². The number of halogens is 2. The van der Waals surface area contributed by atoms with Crippen molar-refractivity contribution in [2.24, 2.45) is 0 Å². The van der Waals surface area contributed by atoms with E-state index in [9.17, 15) is 23.5 Å². The number of aryl methyl sites for hydroxylation is 1. The smallest absolute Gasteiger partial charge is 0.341 e. The van der Waals surface area contributed by atoms with Crippen LogP contribution in [0.5, 0.6) is 5.75 Å². The van der Waals surface area contributed by atoms with Crippen molar-refractivity contribution in [3.63, 3.8) is 0 Å². The Hall–Kier alpha value is -2.90. The maximum atomic E-state index is 13.4. The van der Waals surface area contributed by atoms with Crippen molar-refractivity contribution in [3.8, 4) is 17.0 Å². The Morgan fingerprint density at radius 3 is 2.67 bits per heavy atom. The number of alkyl halides is 2. The number of fused-ring (bicyclic) bond motifs is 5. The minimum atomic E-state index is -2.70. The number of hydrogen-bond acceptors (Lipinski definition) is 4. The second-order valence-electron chi connectivity index (χ2n) is 7.23. The van der Waals surface area contributed by atoms with Gasteiger partial charge in [-0.2, -0.15) is 0 Å². The molecule has 0 aliphatic carbocycles. The van der Waals surface area contributed by atoms with Gasteiger partial charge in [0.2, 0.25) is 0 Å². The summed E-state index contributed by atoms with van der Waals surface area (Å²) < 4.78 is 34.3. The highest BCUT2D eigenvalue weighted by Gasteiger charge is 2.46. The molecule has 0 amide bonds. The average molecular weight is 374 g/mol. The van der Waals surface area contributed by atoms with Crippen molar-refractivity contribution >= 4 is 11.7 Å². The highest BCUT2D eigenvalue weighted by atomic mass is 19.3. The molecular formula is C19H16F2N2O4. The van der Waals surface area contributed by atoms with Crippen molar-refractivity contribution < 1.29 is 23.4 Å². The lowest BCUT2D eigenvalue weighted by molar-refractivity contribution is -0.0264. The topological polar surface area (TPSA) is 71.8 Å². The van der Waals surface area contributed by atoms with E-state index in [1.54, 1.807) is 15.5 Å². The number of pyridine rings is 1. The zero-order valence-electron chi connectivity index (χ0n) is 14.3. The van der Waals surface area contributed by atoms with Crippen molar-refractivity contribution in [1.82, 2.24) is 4.57 Å². The van der Waals surface area contributed by atoms with Gasteiger partial charge in [0.05, 0.1) is 31.1 Å². The van der Waals surface area contributed by atoms with Crippen molar-refractivity contribution in [3.05, 3.63) is 45.2 Å². The minimum absolute atomic E-state index is 0.269. The van der Waals surface area contributed by atoms with Crippen molar-refractivity contribution in [2.45, 2.75) is 25.3 Å². The summed E-state index contributed by atoms with van der Waals surface area (Å²) in [7, 11) is 0. The fourth-order valence-corrected chi connectivity index (χ4v) is 4.24. The van der Waals surface area contributed by atoms with Gasteiger partial charge in [0.15, 0.2) is 5.43 Å². The molecule has 3 aliphatic rings. The van der Waals surface area contributed by atoms with E-state index in [1.165, 1.54) is 12.3 Å². The van der Waals surface area contributed by atoms with E-state index < -0.39 is 17.3 Å². The summed E-state index contributed by atoms with van der Waals surface area (Å²) in [4.78, 5) is 25.1. The first-order valence-electron chi connectivity index (χ1n) is 8.76. The van der Waals surface area contributed by atoms with E-state index in [0.29, 0.717) is 43.1 Å². The molecule has 0 unspecified atom stereocenters. The van der Waals surface area contributed by atoms with Crippen LogP contribution in [0.1, 0.15) is 21.5 Å². The number of carboxylic acid groups (broad SMARTS) is 1. The molecule has 0 bridgehead atoms. The molecule has 1 fully saturated rings. The number of aromatic nitrogens is 1. The molecule has 1 aromatic heterocycles. The second-order valence-corrected chi connectivity index (χ2v) is 7.23. The maximum absolute atomic E-state index is 13.4. The molecule has 0 atom stereocenters. The van der Waals surface area contributed by atoms with E-state index >= 15 is 0 Å². The van der Waals surface area contributed by atoms with E-state index in [0.717, 1.165) is 16.7 Å². The SMILES string of the molecule is O=C(O)c1cn2c(cc1=O)-c1cc(N3CC(F)(F)C3)c3c(c1CC2)CCO3. The Kier molecular flexibility index (Phi) is 3.20. The molecule has 27 heavy (non-hydrogen) atoms. The molecule has 0 spiro atoms. The number of anilines is 1. The number of nitrogens with zero attached hydrogens (tertiary/aromatic N) is 2. The van der Waals surface area contributed by atoms with Gasteiger partial charge in [0.1, 0.15) is 11.3 Å². The van der Waals surface area contributed by atoms with Crippen LogP contribution in [0.15, 0.2) is 23.1 Å². The quantitative estimate of drug-likeness (QED) is 0.872. The largest absolute Gasteiger partial charge is 0.491 e. The van der Waals surface area contributed by atoms with E-state index in [1.807, 2.05) is 0 Å². The van der Waals surface area contributed by atoms with Crippen LogP contribution >= 0.6 is 0 Å². The summed E-state index contributed by atoms with van der Waals surface area (Å²) in [6.07, 6.45) is 2.74. The predicted molar refractivity (Wildman–Crippen MR) is 93.2 cm³/mol. The molecule has 0 radical (unpaired) electrons. The van der Waals surface area contributed by atoms with E-state index in [-0.39, 0.29) is 18.7 Å². The van der Waals surface area contributed by atoms with E-state index in [2.05, 4.69) is 0 Å². The van der Waals surface area contributed by atoms with Gasteiger partial charge in [-0.25, -0.2) is 13.6 Å². The van der Waals surface area contributed by atoms with E-state index in [4.69, 9.17) is 4.74 Å². The van der Waals surface area contributed by atoms with Gasteiger partial charge in [-0.15, -0.1) is 0 Å². The summed E-state index contributed by atoms with van der Waals surface area (Å²) in [6, 6.07) is 3.14. The van der Waals surface area contributed by atoms with Crippen molar-refractivity contribution in [1.29, 1.82) is 0 Å². The number of ether oxygens (including phenoxy) is 1. The third-order valence-corrected chi connectivity index (χ3v) is 5.50. The van der Waals surface area contributed by atoms with Crippen LogP contribution in [0.3, 0.4) is 0 Å². The van der Waals surface area contributed by atoms with Crippen LogP contribution in [0.2, 0.25) is 0 Å². The molecule has 3 aliphatic heterocycles. The summed E-state index contributed by atoms with van der Waals surface area (Å²) >= 11 is 0. The molecule has 2 aromatic rings. The first kappa shape index (κ1) is 16.3. The highest BCUT2D eigenvalue weighted by Crippen LogP contribution is 2.47. The molecule has 5 rings (SSSR count). The monoisotopic (exact) mass is 374 g/mol. The Balaban J connectivity index is 1.69. The third kappa shape index (κ3) is 2.35. The molecule has 1 aromatic carbocycles. The zero-order valence-corrected chi connectivity index (χ0v) is 14.3. The summed E-state index contributed by atoms with van der Waals surface area (Å²) in [5, 5.41) is 9.19. The number of carbonyl (C=O) groups is 1. The van der Waals surface area contributed by atoms with Crippen molar-refractivity contribution in [2.75, 3.05) is 24.6 Å². The first-order chi connectivity index (χ1) is 12.8. The first-order valence-corrected chi connectivity index (χ1v) is 8.76. The fraction of sp³-hybridized carbons (Fsp3) is 0.368. The highest BCUT2D eigenvalue weighted by molar-refractivity contribution is 5.88. The van der Waals surface area contributed by atoms with Crippen LogP contribution < -0.4 is 15.1 Å². The predicted octanol–water partition coefficient (Wildman–Crippen LogP) is 2.16. The number of carboxylic acids is 1. The summed E-state index contributed by atoms with van der Waals surface area (Å²) in [5.74, 6) is -3.29. The van der Waals surface area contributed by atoms with Gasteiger partial charge in [-0.1, -0.05) is 0 Å². The minimum Gasteiger partial charge on any atom is -0.491 e. The summed E-state index contributed by atoms with van der Waals surface area (Å²) in [5.41, 5.74) is 3.28. The summed E-state index contributed by atoms with van der Waals surface area (Å²) in [6.45, 7) is 0.350. The number of rotatable bonds is 2. The molecule has 0 saturated carbocycles. The van der Waals surface area contributed by atoms with Crippen LogP contribution in [0, 0.1) is 0 Å². The number of aromatic carboxylic acids is 1. The van der Waals surface area contributed by atoms with Crippen LogP contribution in [0.4, 0.5) is 14.5 Å². The second kappa shape index (κ2) is 5.31. The molecule has 140 valence electrons. The van der Waals surface area contributed by atoms with Crippen LogP contribution in [-0.4, -0.2) is 41.3 Å². The average Bonchev–Trinajstić information content (AvgIpc) is 3.07. The van der Waals surface area contributed by atoms with Gasteiger partial charge >= 0.3 is 5.97 Å². The normalized spacial score (nSPS) is 18.8. The van der Waals surface area contributed by atoms with Gasteiger partial charge < -0.3 is 19.3 Å². The zero-order chi connectivity index (χ0) is 18.9. The molecular weight excluding hydrogens is 358 g/mol. The number of hydrogen-bond donors (Lipinski definition) is 1. The standard InChI is InChI=1S/C19H16F2N2O4/c20-19(21)8-23(9-19)15-5-12-10(11-2-4-27-17(11)15)1-3-22-7-13(18(25)26)16(24)6-14(12)22/h5-7H,1-4,8-9H2,(H,25,26). The molecule has 6 nitrogen and oxygen atoms in total. The Morgan fingerprint density at radius 2 is 1.96 bits per heavy atom. The lowest BCUT2D eigenvalue weighted by atomic mass is 9.89. The maximum Gasteiger partial charge on any atom is 0.341 e. The Bertz CT molecular complexity index is 1050. The van der Waals surface area contributed by atoms with Crippen LogP contribution in [-0.2, 0) is 19.4 Å². The Morgan fingerprint density at radius 1 is 1.19 bits per heavy atom. The molecule has 8 heteroatoms. The lowest BCUT2D eigenvalue weighted by Crippen LogP contribution is -2.56.